The minimum atomic E-state index is -0.291. The number of nitrogens with zero attached hydrogens (tertiary/aromatic N) is 5. The van der Waals surface area contributed by atoms with E-state index in [0.717, 1.165) is 15.5 Å². The molecular weight excluding hydrogens is 365 g/mol. The van der Waals surface area contributed by atoms with Crippen molar-refractivity contribution in [1.29, 1.82) is 0 Å². The van der Waals surface area contributed by atoms with Crippen LogP contribution < -0.4 is 4.90 Å². The first kappa shape index (κ1) is 17.9. The van der Waals surface area contributed by atoms with Crippen LogP contribution in [0.5, 0.6) is 0 Å². The molecule has 0 radical (unpaired) electrons. The first-order valence-electron chi connectivity index (χ1n) is 9.09. The van der Waals surface area contributed by atoms with Gasteiger partial charge in [0.05, 0.1) is 10.4 Å². The van der Waals surface area contributed by atoms with Crippen molar-refractivity contribution < 1.29 is 9.18 Å². The fraction of sp³-hybridized carbons (Fsp3) is 0.421. The average Bonchev–Trinajstić information content (AvgIpc) is 3.26. The molecule has 1 amide bonds. The van der Waals surface area contributed by atoms with Gasteiger partial charge in [-0.05, 0) is 39.0 Å². The molecule has 1 aliphatic heterocycles. The molecular formula is C19H22FN5OS. The predicted molar refractivity (Wildman–Crippen MR) is 105 cm³/mol. The molecule has 0 unspecified atom stereocenters. The van der Waals surface area contributed by atoms with Crippen molar-refractivity contribution in [1.82, 2.24) is 19.7 Å². The number of aromatic nitrogens is 3. The summed E-state index contributed by atoms with van der Waals surface area (Å²) in [6.45, 7) is 8.53. The zero-order valence-electron chi connectivity index (χ0n) is 15.6. The minimum absolute atomic E-state index is 0.0132. The molecule has 6 nitrogen and oxygen atoms in total. The second-order valence-corrected chi connectivity index (χ2v) is 8.08. The van der Waals surface area contributed by atoms with Crippen LogP contribution in [0.15, 0.2) is 24.3 Å². The van der Waals surface area contributed by atoms with Gasteiger partial charge in [0.15, 0.2) is 5.13 Å². The topological polar surface area (TPSA) is 54.3 Å². The van der Waals surface area contributed by atoms with Crippen LogP contribution in [0.25, 0.3) is 10.2 Å². The predicted octanol–water partition coefficient (Wildman–Crippen LogP) is 3.48. The van der Waals surface area contributed by atoms with Crippen LogP contribution in [0.3, 0.4) is 0 Å². The second-order valence-electron chi connectivity index (χ2n) is 7.07. The number of aryl methyl sites for hydroxylation is 1. The number of hydrogen-bond donors (Lipinski definition) is 0. The van der Waals surface area contributed by atoms with E-state index in [1.54, 1.807) is 10.7 Å². The van der Waals surface area contributed by atoms with Crippen molar-refractivity contribution in [3.05, 3.63) is 41.5 Å². The molecule has 0 bridgehead atoms. The van der Waals surface area contributed by atoms with Crippen molar-refractivity contribution in [3.8, 4) is 0 Å². The van der Waals surface area contributed by atoms with Gasteiger partial charge in [0, 0.05) is 32.2 Å². The number of para-hydroxylation sites is 1. The number of hydrogen-bond acceptors (Lipinski definition) is 5. The summed E-state index contributed by atoms with van der Waals surface area (Å²) in [5, 5.41) is 5.25. The summed E-state index contributed by atoms with van der Waals surface area (Å²) in [7, 11) is 0. The maximum atomic E-state index is 13.9. The Kier molecular flexibility index (Phi) is 4.59. The summed E-state index contributed by atoms with van der Waals surface area (Å²) in [5.74, 6) is -0.277. The van der Waals surface area contributed by atoms with Crippen LogP contribution in [-0.4, -0.2) is 51.8 Å². The normalized spacial score (nSPS) is 15.1. The lowest BCUT2D eigenvalue weighted by molar-refractivity contribution is 0.0732. The highest BCUT2D eigenvalue weighted by Crippen LogP contribution is 2.30. The molecule has 4 rings (SSSR count). The lowest BCUT2D eigenvalue weighted by Gasteiger charge is -2.34. The number of carbonyl (C=O) groups excluding carboxylic acids is 1. The van der Waals surface area contributed by atoms with Crippen molar-refractivity contribution >= 4 is 32.6 Å². The van der Waals surface area contributed by atoms with E-state index in [1.165, 1.54) is 17.4 Å². The number of carbonyl (C=O) groups is 1. The van der Waals surface area contributed by atoms with Gasteiger partial charge in [0.2, 0.25) is 0 Å². The number of amides is 1. The zero-order valence-corrected chi connectivity index (χ0v) is 16.5. The van der Waals surface area contributed by atoms with Gasteiger partial charge in [-0.3, -0.25) is 9.48 Å². The molecule has 0 atom stereocenters. The highest BCUT2D eigenvalue weighted by Gasteiger charge is 2.27. The molecule has 0 saturated carbocycles. The minimum Gasteiger partial charge on any atom is -0.345 e. The molecule has 27 heavy (non-hydrogen) atoms. The molecule has 8 heteroatoms. The highest BCUT2D eigenvalue weighted by atomic mass is 32.1. The number of thiazole rings is 1. The van der Waals surface area contributed by atoms with Gasteiger partial charge in [-0.25, -0.2) is 9.37 Å². The van der Waals surface area contributed by atoms with Crippen molar-refractivity contribution in [2.24, 2.45) is 0 Å². The third-order valence-electron chi connectivity index (χ3n) is 4.76. The Morgan fingerprint density at radius 2 is 1.96 bits per heavy atom. The van der Waals surface area contributed by atoms with E-state index in [1.807, 2.05) is 37.8 Å². The largest absolute Gasteiger partial charge is 0.345 e. The fourth-order valence-electron chi connectivity index (χ4n) is 3.37. The molecule has 1 aromatic carbocycles. The number of piperazine rings is 1. The second kappa shape index (κ2) is 6.92. The molecule has 0 spiro atoms. The Bertz CT molecular complexity index is 987. The molecule has 1 saturated heterocycles. The summed E-state index contributed by atoms with van der Waals surface area (Å²) in [6.07, 6.45) is 0. The van der Waals surface area contributed by atoms with Crippen LogP contribution in [-0.2, 0) is 0 Å². The SMILES string of the molecule is Cc1cc(C(=O)N2CCN(c3nc4c(F)cccc4s3)CC2)n(C(C)C)n1. The zero-order chi connectivity index (χ0) is 19.1. The number of fused-ring (bicyclic) bond motifs is 1. The van der Waals surface area contributed by atoms with Crippen LogP contribution in [0.4, 0.5) is 9.52 Å². The first-order chi connectivity index (χ1) is 12.9. The van der Waals surface area contributed by atoms with Crippen LogP contribution in [0.2, 0.25) is 0 Å². The maximum absolute atomic E-state index is 13.9. The molecule has 2 aromatic heterocycles. The Labute approximate surface area is 161 Å². The summed E-state index contributed by atoms with van der Waals surface area (Å²) >= 11 is 1.49. The summed E-state index contributed by atoms with van der Waals surface area (Å²) in [4.78, 5) is 21.4. The Balaban J connectivity index is 1.48. The van der Waals surface area contributed by atoms with Crippen LogP contribution in [0, 0.1) is 12.7 Å². The van der Waals surface area contributed by atoms with Gasteiger partial charge >= 0.3 is 0 Å². The molecule has 3 heterocycles. The van der Waals surface area contributed by atoms with Crippen molar-refractivity contribution in [2.45, 2.75) is 26.8 Å². The molecule has 1 fully saturated rings. The van der Waals surface area contributed by atoms with E-state index in [-0.39, 0.29) is 17.8 Å². The number of anilines is 1. The quantitative estimate of drug-likeness (QED) is 0.690. The molecule has 0 aliphatic carbocycles. The third-order valence-corrected chi connectivity index (χ3v) is 5.84. The van der Waals surface area contributed by atoms with E-state index < -0.39 is 0 Å². The lowest BCUT2D eigenvalue weighted by Crippen LogP contribution is -2.49. The molecule has 142 valence electrons. The van der Waals surface area contributed by atoms with Crippen LogP contribution >= 0.6 is 11.3 Å². The van der Waals surface area contributed by atoms with Crippen LogP contribution in [0.1, 0.15) is 36.1 Å². The lowest BCUT2D eigenvalue weighted by atomic mass is 10.2. The third kappa shape index (κ3) is 3.29. The van der Waals surface area contributed by atoms with Gasteiger partial charge in [0.25, 0.3) is 5.91 Å². The molecule has 1 aliphatic rings. The Morgan fingerprint density at radius 1 is 1.22 bits per heavy atom. The van der Waals surface area contributed by atoms with Crippen molar-refractivity contribution in [2.75, 3.05) is 31.1 Å². The number of benzene rings is 1. The number of halogens is 1. The van der Waals surface area contributed by atoms with E-state index >= 15 is 0 Å². The molecule has 0 N–H and O–H groups in total. The summed E-state index contributed by atoms with van der Waals surface area (Å²) in [5.41, 5.74) is 1.91. The van der Waals surface area contributed by atoms with Gasteiger partial charge < -0.3 is 9.80 Å². The summed E-state index contributed by atoms with van der Waals surface area (Å²) < 4.78 is 16.5. The van der Waals surface area contributed by atoms with E-state index in [4.69, 9.17) is 0 Å². The van der Waals surface area contributed by atoms with Gasteiger partial charge in [-0.2, -0.15) is 5.10 Å². The number of rotatable bonds is 3. The van der Waals surface area contributed by atoms with Crippen molar-refractivity contribution in [3.63, 3.8) is 0 Å². The highest BCUT2D eigenvalue weighted by molar-refractivity contribution is 7.22. The Hall–Kier alpha value is -2.48. The summed E-state index contributed by atoms with van der Waals surface area (Å²) in [6, 6.07) is 7.01. The smallest absolute Gasteiger partial charge is 0.272 e. The van der Waals surface area contributed by atoms with Gasteiger partial charge in [-0.15, -0.1) is 0 Å². The first-order valence-corrected chi connectivity index (χ1v) is 9.91. The average molecular weight is 387 g/mol. The maximum Gasteiger partial charge on any atom is 0.272 e. The Morgan fingerprint density at radius 3 is 2.63 bits per heavy atom. The van der Waals surface area contributed by atoms with E-state index in [0.29, 0.717) is 37.4 Å². The standard InChI is InChI=1S/C19H22FN5OS/c1-12(2)25-15(11-13(3)22-25)18(26)23-7-9-24(10-8-23)19-21-17-14(20)5-4-6-16(17)27-19/h4-6,11-12H,7-10H2,1-3H3. The van der Waals surface area contributed by atoms with Gasteiger partial charge in [0.1, 0.15) is 17.0 Å². The monoisotopic (exact) mass is 387 g/mol. The molecule has 3 aromatic rings. The van der Waals surface area contributed by atoms with Gasteiger partial charge in [-0.1, -0.05) is 17.4 Å². The van der Waals surface area contributed by atoms with E-state index in [2.05, 4.69) is 15.0 Å². The van der Waals surface area contributed by atoms with E-state index in [9.17, 15) is 9.18 Å². The fourth-order valence-corrected chi connectivity index (χ4v) is 4.40.